The van der Waals surface area contributed by atoms with Gasteiger partial charge in [0.25, 0.3) is 10.0 Å². The summed E-state index contributed by atoms with van der Waals surface area (Å²) in [6, 6.07) is 29.3. The molecule has 0 aromatic heterocycles. The summed E-state index contributed by atoms with van der Waals surface area (Å²) in [5.41, 5.74) is 3.41. The fourth-order valence-corrected chi connectivity index (χ4v) is 6.51. The molecule has 4 aromatic carbocycles. The van der Waals surface area contributed by atoms with Crippen molar-refractivity contribution in [1.82, 2.24) is 10.2 Å². The molecular formula is C37H43N3O5S. The highest BCUT2D eigenvalue weighted by Crippen LogP contribution is 2.27. The van der Waals surface area contributed by atoms with Crippen LogP contribution in [0.15, 0.2) is 108 Å². The minimum absolute atomic E-state index is 0.0124. The van der Waals surface area contributed by atoms with Gasteiger partial charge in [-0.25, -0.2) is 8.42 Å². The van der Waals surface area contributed by atoms with E-state index in [0.29, 0.717) is 11.4 Å². The number of aryl methyl sites for hydroxylation is 2. The summed E-state index contributed by atoms with van der Waals surface area (Å²) < 4.78 is 34.8. The molecule has 1 atom stereocenters. The maximum absolute atomic E-state index is 14.6. The Morgan fingerprint density at radius 3 is 2.02 bits per heavy atom. The molecule has 0 heterocycles. The molecule has 1 unspecified atom stereocenters. The number of hydrogen-bond donors (Lipinski definition) is 1. The van der Waals surface area contributed by atoms with E-state index in [4.69, 9.17) is 4.74 Å². The summed E-state index contributed by atoms with van der Waals surface area (Å²) in [5, 5.41) is 3.06. The van der Waals surface area contributed by atoms with E-state index < -0.39 is 34.1 Å². The second-order valence-corrected chi connectivity index (χ2v) is 14.3. The summed E-state index contributed by atoms with van der Waals surface area (Å²) >= 11 is 0. The molecule has 0 spiro atoms. The number of carbonyl (C=O) groups is 2. The number of nitrogens with one attached hydrogen (secondary N) is 1. The molecule has 0 saturated heterocycles. The second kappa shape index (κ2) is 14.6. The van der Waals surface area contributed by atoms with Gasteiger partial charge in [-0.3, -0.25) is 13.9 Å². The molecule has 242 valence electrons. The average molecular weight is 642 g/mol. The predicted octanol–water partition coefficient (Wildman–Crippen LogP) is 6.06. The van der Waals surface area contributed by atoms with Crippen LogP contribution in [0.1, 0.15) is 43.0 Å². The van der Waals surface area contributed by atoms with Crippen LogP contribution in [0.5, 0.6) is 5.75 Å². The molecule has 2 amide bonds. The summed E-state index contributed by atoms with van der Waals surface area (Å²) in [6.45, 7) is 9.12. The average Bonchev–Trinajstić information content (AvgIpc) is 3.02. The van der Waals surface area contributed by atoms with Crippen molar-refractivity contribution < 1.29 is 22.7 Å². The monoisotopic (exact) mass is 641 g/mol. The number of sulfonamides is 1. The fourth-order valence-electron chi connectivity index (χ4n) is 5.09. The largest absolute Gasteiger partial charge is 0.497 e. The topological polar surface area (TPSA) is 96.0 Å². The Bertz CT molecular complexity index is 1730. The molecule has 0 aliphatic heterocycles. The SMILES string of the molecule is COc1ccc(S(=O)(=O)N(CC(=O)N(Cc2ccccc2C)C(Cc2ccccc2)C(=O)NC(C)(C)C)c2ccc(C)cc2)cc1. The number of benzene rings is 4. The van der Waals surface area contributed by atoms with Crippen LogP contribution < -0.4 is 14.4 Å². The van der Waals surface area contributed by atoms with Crippen molar-refractivity contribution in [3.63, 3.8) is 0 Å². The number of methoxy groups -OCH3 is 1. The molecule has 1 N–H and O–H groups in total. The third kappa shape index (κ3) is 8.75. The minimum atomic E-state index is -4.21. The number of amides is 2. The Morgan fingerprint density at radius 1 is 0.826 bits per heavy atom. The lowest BCUT2D eigenvalue weighted by molar-refractivity contribution is -0.140. The van der Waals surface area contributed by atoms with Crippen molar-refractivity contribution >= 4 is 27.5 Å². The molecule has 0 saturated carbocycles. The van der Waals surface area contributed by atoms with Gasteiger partial charge in [0.05, 0.1) is 17.7 Å². The van der Waals surface area contributed by atoms with Gasteiger partial charge in [0.1, 0.15) is 18.3 Å². The molecule has 4 aromatic rings. The quantitative estimate of drug-likeness (QED) is 0.203. The van der Waals surface area contributed by atoms with Gasteiger partial charge in [-0.2, -0.15) is 0 Å². The molecule has 46 heavy (non-hydrogen) atoms. The van der Waals surface area contributed by atoms with Gasteiger partial charge in [-0.1, -0.05) is 72.3 Å². The van der Waals surface area contributed by atoms with Crippen LogP contribution in [0.3, 0.4) is 0 Å². The molecule has 0 radical (unpaired) electrons. The molecule has 0 aliphatic rings. The van der Waals surface area contributed by atoms with Gasteiger partial charge in [-0.05, 0) is 87.7 Å². The fraction of sp³-hybridized carbons (Fsp3) is 0.297. The molecular weight excluding hydrogens is 598 g/mol. The smallest absolute Gasteiger partial charge is 0.264 e. The Labute approximate surface area is 273 Å². The number of carbonyl (C=O) groups excluding carboxylic acids is 2. The third-order valence-electron chi connectivity index (χ3n) is 7.62. The van der Waals surface area contributed by atoms with Crippen LogP contribution in [0.4, 0.5) is 5.69 Å². The van der Waals surface area contributed by atoms with Gasteiger partial charge in [0, 0.05) is 18.5 Å². The highest BCUT2D eigenvalue weighted by molar-refractivity contribution is 7.92. The maximum Gasteiger partial charge on any atom is 0.264 e. The summed E-state index contributed by atoms with van der Waals surface area (Å²) in [7, 11) is -2.70. The summed E-state index contributed by atoms with van der Waals surface area (Å²) in [5.74, 6) is -0.320. The van der Waals surface area contributed by atoms with E-state index in [1.54, 1.807) is 36.4 Å². The van der Waals surface area contributed by atoms with Crippen molar-refractivity contribution in [3.05, 3.63) is 125 Å². The van der Waals surface area contributed by atoms with Gasteiger partial charge < -0.3 is 15.0 Å². The minimum Gasteiger partial charge on any atom is -0.497 e. The summed E-state index contributed by atoms with van der Waals surface area (Å²) in [4.78, 5) is 30.1. The zero-order valence-electron chi connectivity index (χ0n) is 27.4. The van der Waals surface area contributed by atoms with Crippen molar-refractivity contribution in [2.24, 2.45) is 0 Å². The van der Waals surface area contributed by atoms with E-state index in [-0.39, 0.29) is 23.8 Å². The molecule has 4 rings (SSSR count). The molecule has 0 aliphatic carbocycles. The lowest BCUT2D eigenvalue weighted by Gasteiger charge is -2.35. The van der Waals surface area contributed by atoms with Crippen molar-refractivity contribution in [1.29, 1.82) is 0 Å². The van der Waals surface area contributed by atoms with Crippen molar-refractivity contribution in [3.8, 4) is 5.75 Å². The van der Waals surface area contributed by atoms with Gasteiger partial charge >= 0.3 is 0 Å². The molecule has 9 heteroatoms. The first-order chi connectivity index (χ1) is 21.8. The normalized spacial score (nSPS) is 12.2. The van der Waals surface area contributed by atoms with Crippen LogP contribution in [0.2, 0.25) is 0 Å². The first-order valence-corrected chi connectivity index (χ1v) is 16.7. The maximum atomic E-state index is 14.6. The van der Waals surface area contributed by atoms with Gasteiger partial charge in [0.2, 0.25) is 11.8 Å². The van der Waals surface area contributed by atoms with Crippen LogP contribution in [-0.2, 0) is 32.6 Å². The number of rotatable bonds is 12. The zero-order valence-corrected chi connectivity index (χ0v) is 28.2. The van der Waals surface area contributed by atoms with E-state index >= 15 is 0 Å². The second-order valence-electron chi connectivity index (χ2n) is 12.4. The summed E-state index contributed by atoms with van der Waals surface area (Å²) in [6.07, 6.45) is 0.246. The Kier molecular flexibility index (Phi) is 10.9. The Hall–Kier alpha value is -4.63. The Morgan fingerprint density at radius 2 is 1.43 bits per heavy atom. The van der Waals surface area contributed by atoms with Gasteiger partial charge in [0.15, 0.2) is 0 Å². The lowest BCUT2D eigenvalue weighted by atomic mass is 10.00. The first kappa shape index (κ1) is 34.2. The van der Waals surface area contributed by atoms with Crippen LogP contribution in [0.25, 0.3) is 0 Å². The molecule has 0 fully saturated rings. The Balaban J connectivity index is 1.82. The number of ether oxygens (including phenoxy) is 1. The number of nitrogens with zero attached hydrogens (tertiary/aromatic N) is 2. The highest BCUT2D eigenvalue weighted by Gasteiger charge is 2.35. The molecule has 8 nitrogen and oxygen atoms in total. The number of anilines is 1. The van der Waals surface area contributed by atoms with Crippen LogP contribution >= 0.6 is 0 Å². The van der Waals surface area contributed by atoms with Crippen molar-refractivity contribution in [2.45, 2.75) is 64.1 Å². The van der Waals surface area contributed by atoms with E-state index in [0.717, 1.165) is 26.6 Å². The predicted molar refractivity (Wildman–Crippen MR) is 182 cm³/mol. The van der Waals surface area contributed by atoms with E-state index in [1.807, 2.05) is 89.2 Å². The highest BCUT2D eigenvalue weighted by atomic mass is 32.2. The van der Waals surface area contributed by atoms with E-state index in [9.17, 15) is 18.0 Å². The first-order valence-electron chi connectivity index (χ1n) is 15.2. The third-order valence-corrected chi connectivity index (χ3v) is 9.41. The van der Waals surface area contributed by atoms with Crippen LogP contribution in [0, 0.1) is 13.8 Å². The van der Waals surface area contributed by atoms with Crippen molar-refractivity contribution in [2.75, 3.05) is 18.0 Å². The van der Waals surface area contributed by atoms with Gasteiger partial charge in [-0.15, -0.1) is 0 Å². The zero-order chi connectivity index (χ0) is 33.5. The number of hydrogen-bond acceptors (Lipinski definition) is 5. The van der Waals surface area contributed by atoms with E-state index in [2.05, 4.69) is 5.32 Å². The lowest BCUT2D eigenvalue weighted by Crippen LogP contribution is -2.56. The van der Waals surface area contributed by atoms with Crippen LogP contribution in [-0.4, -0.2) is 50.4 Å². The molecule has 0 bridgehead atoms. The van der Waals surface area contributed by atoms with E-state index in [1.165, 1.54) is 24.1 Å². The standard InChI is InChI=1S/C37H43N3O5S/c1-27-16-18-31(19-17-27)40(46(43,44)33-22-20-32(45-6)21-23-33)26-35(41)39(25-30-15-11-10-12-28(30)2)34(36(42)38-37(3,4)5)24-29-13-8-7-9-14-29/h7-23,34H,24-26H2,1-6H3,(H,38,42).